The molecule has 0 fully saturated rings. The van der Waals surface area contributed by atoms with Crippen LogP contribution in [0.25, 0.3) is 10.1 Å². The summed E-state index contributed by atoms with van der Waals surface area (Å²) in [6.45, 7) is 0. The van der Waals surface area contributed by atoms with Crippen LogP contribution in [-0.4, -0.2) is 32.3 Å². The molecule has 7 nitrogen and oxygen atoms in total. The van der Waals surface area contributed by atoms with Crippen molar-refractivity contribution in [3.63, 3.8) is 0 Å². The molecule has 0 saturated carbocycles. The highest BCUT2D eigenvalue weighted by Gasteiger charge is 2.20. The summed E-state index contributed by atoms with van der Waals surface area (Å²) in [5.41, 5.74) is 3.53. The lowest BCUT2D eigenvalue weighted by molar-refractivity contribution is 0.0734. The quantitative estimate of drug-likeness (QED) is 0.157. The van der Waals surface area contributed by atoms with Gasteiger partial charge in [-0.25, -0.2) is 10.2 Å². The molecule has 4 aromatic rings. The molecule has 172 valence electrons. The third kappa shape index (κ3) is 5.03. The summed E-state index contributed by atoms with van der Waals surface area (Å²) in [6, 6.07) is 19.1. The van der Waals surface area contributed by atoms with Crippen LogP contribution >= 0.6 is 22.9 Å². The fourth-order valence-electron chi connectivity index (χ4n) is 3.11. The standard InChI is InChI=1S/C25H19ClN2O5S/c1-31-17-10-8-16(9-11-17)24(29)28-27-14-15-7-12-19(20(13-15)32-2)33-25(30)23-22(26)18-5-3-4-6-21(18)34-23/h3-14H,1-2H3,(H,28,29)/b27-14+. The summed E-state index contributed by atoms with van der Waals surface area (Å²) in [5.74, 6) is 0.285. The molecule has 4 rings (SSSR count). The number of halogens is 1. The Balaban J connectivity index is 1.45. The van der Waals surface area contributed by atoms with Crippen LogP contribution in [0.15, 0.2) is 71.8 Å². The smallest absolute Gasteiger partial charge is 0.355 e. The Morgan fingerprint density at radius 3 is 2.44 bits per heavy atom. The molecule has 1 N–H and O–H groups in total. The van der Waals surface area contributed by atoms with Crippen LogP contribution in [0.5, 0.6) is 17.2 Å². The molecule has 0 saturated heterocycles. The highest BCUT2D eigenvalue weighted by Crippen LogP contribution is 2.37. The Labute approximate surface area is 204 Å². The molecule has 34 heavy (non-hydrogen) atoms. The van der Waals surface area contributed by atoms with Crippen LogP contribution in [0.3, 0.4) is 0 Å². The van der Waals surface area contributed by atoms with Gasteiger partial charge in [0.1, 0.15) is 10.6 Å². The zero-order chi connectivity index (χ0) is 24.1. The number of fused-ring (bicyclic) bond motifs is 1. The summed E-state index contributed by atoms with van der Waals surface area (Å²) in [4.78, 5) is 25.3. The number of carbonyl (C=O) groups excluding carboxylic acids is 2. The molecular formula is C25H19ClN2O5S. The molecule has 0 bridgehead atoms. The zero-order valence-electron chi connectivity index (χ0n) is 18.2. The Hall–Kier alpha value is -3.88. The number of esters is 1. The second-order valence-electron chi connectivity index (χ2n) is 6.97. The van der Waals surface area contributed by atoms with Gasteiger partial charge >= 0.3 is 5.97 Å². The SMILES string of the molecule is COc1ccc(C(=O)N/N=C/c2ccc(OC(=O)c3sc4ccccc4c3Cl)c(OC)c2)cc1. The van der Waals surface area contributed by atoms with E-state index in [0.717, 1.165) is 10.1 Å². The van der Waals surface area contributed by atoms with Crippen molar-refractivity contribution < 1.29 is 23.8 Å². The van der Waals surface area contributed by atoms with E-state index in [1.807, 2.05) is 24.3 Å². The van der Waals surface area contributed by atoms with E-state index in [1.165, 1.54) is 24.7 Å². The molecule has 0 aliphatic heterocycles. The largest absolute Gasteiger partial charge is 0.497 e. The predicted molar refractivity (Wildman–Crippen MR) is 133 cm³/mol. The van der Waals surface area contributed by atoms with E-state index < -0.39 is 5.97 Å². The molecule has 1 aromatic heterocycles. The van der Waals surface area contributed by atoms with E-state index in [4.69, 9.17) is 25.8 Å². The van der Waals surface area contributed by atoms with Crippen LogP contribution in [0.4, 0.5) is 0 Å². The first-order chi connectivity index (χ1) is 16.5. The van der Waals surface area contributed by atoms with Gasteiger partial charge in [0.25, 0.3) is 5.91 Å². The summed E-state index contributed by atoms with van der Waals surface area (Å²) in [5, 5.41) is 5.14. The van der Waals surface area contributed by atoms with Gasteiger partial charge in [0, 0.05) is 15.6 Å². The van der Waals surface area contributed by atoms with Gasteiger partial charge in [-0.15, -0.1) is 11.3 Å². The topological polar surface area (TPSA) is 86.2 Å². The predicted octanol–water partition coefficient (Wildman–Crippen LogP) is 5.56. The summed E-state index contributed by atoms with van der Waals surface area (Å²) in [6.07, 6.45) is 1.46. The van der Waals surface area contributed by atoms with Gasteiger partial charge in [0.05, 0.1) is 25.5 Å². The molecule has 0 aliphatic carbocycles. The second kappa shape index (κ2) is 10.4. The number of amides is 1. The fourth-order valence-corrected chi connectivity index (χ4v) is 4.50. The number of rotatable bonds is 7. The van der Waals surface area contributed by atoms with Crippen molar-refractivity contribution in [2.45, 2.75) is 0 Å². The van der Waals surface area contributed by atoms with E-state index >= 15 is 0 Å². The Kier molecular flexibility index (Phi) is 7.10. The lowest BCUT2D eigenvalue weighted by atomic mass is 10.2. The second-order valence-corrected chi connectivity index (χ2v) is 8.40. The van der Waals surface area contributed by atoms with Gasteiger partial charge in [-0.2, -0.15) is 5.10 Å². The van der Waals surface area contributed by atoms with E-state index in [9.17, 15) is 9.59 Å². The zero-order valence-corrected chi connectivity index (χ0v) is 19.8. The van der Waals surface area contributed by atoms with Gasteiger partial charge in [-0.3, -0.25) is 4.79 Å². The van der Waals surface area contributed by atoms with E-state index in [0.29, 0.717) is 32.5 Å². The van der Waals surface area contributed by atoms with Gasteiger partial charge in [-0.1, -0.05) is 29.8 Å². The van der Waals surface area contributed by atoms with Crippen molar-refractivity contribution in [1.82, 2.24) is 5.43 Å². The molecule has 1 heterocycles. The van der Waals surface area contributed by atoms with E-state index in [-0.39, 0.29) is 11.7 Å². The lowest BCUT2D eigenvalue weighted by Crippen LogP contribution is -2.17. The van der Waals surface area contributed by atoms with Crippen LogP contribution in [0.1, 0.15) is 25.6 Å². The summed E-state index contributed by atoms with van der Waals surface area (Å²) < 4.78 is 16.9. The van der Waals surface area contributed by atoms with Gasteiger partial charge in [0.15, 0.2) is 11.5 Å². The molecule has 1 amide bonds. The maximum atomic E-state index is 12.7. The number of nitrogens with one attached hydrogen (secondary N) is 1. The first kappa shape index (κ1) is 23.3. The van der Waals surface area contributed by atoms with Crippen molar-refractivity contribution in [2.24, 2.45) is 5.10 Å². The van der Waals surface area contributed by atoms with Crippen LogP contribution in [-0.2, 0) is 0 Å². The van der Waals surface area contributed by atoms with Crippen molar-refractivity contribution in [2.75, 3.05) is 14.2 Å². The van der Waals surface area contributed by atoms with Gasteiger partial charge in [-0.05, 0) is 54.1 Å². The van der Waals surface area contributed by atoms with Crippen LogP contribution in [0, 0.1) is 0 Å². The molecule has 0 spiro atoms. The number of carbonyl (C=O) groups is 2. The highest BCUT2D eigenvalue weighted by molar-refractivity contribution is 7.21. The molecule has 0 aliphatic rings. The minimum atomic E-state index is -0.572. The number of hydrogen-bond donors (Lipinski definition) is 1. The minimum absolute atomic E-state index is 0.237. The number of nitrogens with zero attached hydrogens (tertiary/aromatic N) is 1. The molecule has 0 atom stereocenters. The average molecular weight is 495 g/mol. The van der Waals surface area contributed by atoms with Crippen molar-refractivity contribution >= 4 is 51.1 Å². The summed E-state index contributed by atoms with van der Waals surface area (Å²) in [7, 11) is 3.02. The van der Waals surface area contributed by atoms with Crippen LogP contribution < -0.4 is 19.6 Å². The number of benzene rings is 3. The van der Waals surface area contributed by atoms with E-state index in [2.05, 4.69) is 10.5 Å². The Morgan fingerprint density at radius 2 is 1.74 bits per heavy atom. The molecular weight excluding hydrogens is 476 g/mol. The van der Waals surface area contributed by atoms with Crippen LogP contribution in [0.2, 0.25) is 5.02 Å². The number of ether oxygens (including phenoxy) is 3. The first-order valence-corrected chi connectivity index (χ1v) is 11.2. The molecule has 3 aromatic carbocycles. The average Bonchev–Trinajstić information content (AvgIpc) is 3.21. The van der Waals surface area contributed by atoms with Crippen molar-refractivity contribution in [1.29, 1.82) is 0 Å². The fraction of sp³-hybridized carbons (Fsp3) is 0.0800. The third-order valence-electron chi connectivity index (χ3n) is 4.84. The molecule has 0 radical (unpaired) electrons. The monoisotopic (exact) mass is 494 g/mol. The highest BCUT2D eigenvalue weighted by atomic mass is 35.5. The van der Waals surface area contributed by atoms with Gasteiger partial charge < -0.3 is 14.2 Å². The van der Waals surface area contributed by atoms with Gasteiger partial charge in [0.2, 0.25) is 0 Å². The minimum Gasteiger partial charge on any atom is -0.497 e. The Bertz CT molecular complexity index is 1380. The number of thiophene rings is 1. The maximum absolute atomic E-state index is 12.7. The van der Waals surface area contributed by atoms with E-state index in [1.54, 1.807) is 49.6 Å². The lowest BCUT2D eigenvalue weighted by Gasteiger charge is -2.09. The number of hydrogen-bond acceptors (Lipinski definition) is 7. The summed E-state index contributed by atoms with van der Waals surface area (Å²) >= 11 is 7.65. The van der Waals surface area contributed by atoms with Crippen molar-refractivity contribution in [3.8, 4) is 17.2 Å². The molecule has 9 heteroatoms. The maximum Gasteiger partial charge on any atom is 0.355 e. The Morgan fingerprint density at radius 1 is 0.971 bits per heavy atom. The number of methoxy groups -OCH3 is 2. The first-order valence-electron chi connectivity index (χ1n) is 10.0. The number of hydrazone groups is 1. The normalized spacial score (nSPS) is 10.9. The molecule has 0 unspecified atom stereocenters. The third-order valence-corrected chi connectivity index (χ3v) is 6.50. The van der Waals surface area contributed by atoms with Crippen molar-refractivity contribution in [3.05, 3.63) is 87.8 Å².